The van der Waals surface area contributed by atoms with Gasteiger partial charge in [0.2, 0.25) is 5.91 Å². The molecule has 1 unspecified atom stereocenters. The Bertz CT molecular complexity index is 231. The Hall–Kier alpha value is -0.570. The first-order valence-electron chi connectivity index (χ1n) is 8.23. The number of hydrogen-bond donors (Lipinski definition) is 2. The summed E-state index contributed by atoms with van der Waals surface area (Å²) in [7, 11) is 0. The molecule has 1 amide bonds. The van der Waals surface area contributed by atoms with Gasteiger partial charge in [-0.3, -0.25) is 4.79 Å². The lowest BCUT2D eigenvalue weighted by Gasteiger charge is -2.21. The van der Waals surface area contributed by atoms with Crippen molar-refractivity contribution in [2.45, 2.75) is 71.1 Å². The van der Waals surface area contributed by atoms with Gasteiger partial charge in [-0.05, 0) is 37.6 Å². The molecule has 112 valence electrons. The van der Waals surface area contributed by atoms with Gasteiger partial charge in [-0.2, -0.15) is 0 Å². The Morgan fingerprint density at radius 1 is 1.26 bits per heavy atom. The zero-order valence-electron chi connectivity index (χ0n) is 12.6. The highest BCUT2D eigenvalue weighted by atomic mass is 16.1. The average Bonchev–Trinajstić information content (AvgIpc) is 2.44. The molecule has 1 fully saturated rings. The third-order valence-corrected chi connectivity index (χ3v) is 4.36. The number of carbonyl (C=O) groups is 1. The number of amides is 1. The van der Waals surface area contributed by atoms with E-state index in [-0.39, 0.29) is 5.91 Å². The molecule has 0 heterocycles. The van der Waals surface area contributed by atoms with Crippen molar-refractivity contribution in [1.29, 1.82) is 0 Å². The Kier molecular flexibility index (Phi) is 8.89. The highest BCUT2D eigenvalue weighted by Gasteiger charge is 2.15. The van der Waals surface area contributed by atoms with Gasteiger partial charge in [0, 0.05) is 13.0 Å². The maximum atomic E-state index is 11.9. The van der Waals surface area contributed by atoms with Crippen molar-refractivity contribution >= 4 is 5.91 Å². The Balaban J connectivity index is 2.11. The van der Waals surface area contributed by atoms with E-state index in [2.05, 4.69) is 12.2 Å². The van der Waals surface area contributed by atoms with Crippen LogP contribution in [-0.2, 0) is 4.79 Å². The molecule has 0 bridgehead atoms. The largest absolute Gasteiger partial charge is 0.356 e. The third kappa shape index (κ3) is 7.56. The highest BCUT2D eigenvalue weighted by molar-refractivity contribution is 5.75. The lowest BCUT2D eigenvalue weighted by molar-refractivity contribution is -0.121. The van der Waals surface area contributed by atoms with Gasteiger partial charge >= 0.3 is 0 Å². The molecular formula is C16H32N2O. The minimum absolute atomic E-state index is 0.240. The van der Waals surface area contributed by atoms with Crippen molar-refractivity contribution in [1.82, 2.24) is 5.32 Å². The van der Waals surface area contributed by atoms with Gasteiger partial charge in [0.05, 0.1) is 0 Å². The molecule has 19 heavy (non-hydrogen) atoms. The summed E-state index contributed by atoms with van der Waals surface area (Å²) in [5, 5.41) is 3.10. The van der Waals surface area contributed by atoms with E-state index >= 15 is 0 Å². The fraction of sp³-hybridized carbons (Fsp3) is 0.938. The van der Waals surface area contributed by atoms with Crippen LogP contribution >= 0.6 is 0 Å². The SMILES string of the molecule is CCCC(CCN)CNC(=O)CCC1CCCCC1. The van der Waals surface area contributed by atoms with E-state index in [0.29, 0.717) is 12.3 Å². The predicted octanol–water partition coefficient (Wildman–Crippen LogP) is 3.23. The lowest BCUT2D eigenvalue weighted by Crippen LogP contribution is -2.30. The van der Waals surface area contributed by atoms with Crippen LogP contribution in [0.25, 0.3) is 0 Å². The van der Waals surface area contributed by atoms with Gasteiger partial charge in [-0.25, -0.2) is 0 Å². The van der Waals surface area contributed by atoms with E-state index in [1.807, 2.05) is 0 Å². The van der Waals surface area contributed by atoms with Gasteiger partial charge in [0.1, 0.15) is 0 Å². The van der Waals surface area contributed by atoms with Crippen LogP contribution in [0.15, 0.2) is 0 Å². The van der Waals surface area contributed by atoms with Crippen LogP contribution in [0.4, 0.5) is 0 Å². The zero-order chi connectivity index (χ0) is 13.9. The van der Waals surface area contributed by atoms with Crippen molar-refractivity contribution in [3.8, 4) is 0 Å². The first-order chi connectivity index (χ1) is 9.26. The van der Waals surface area contributed by atoms with Crippen LogP contribution < -0.4 is 11.1 Å². The second-order valence-corrected chi connectivity index (χ2v) is 6.08. The molecule has 0 spiro atoms. The first kappa shape index (κ1) is 16.5. The molecule has 3 heteroatoms. The van der Waals surface area contributed by atoms with Gasteiger partial charge in [0.25, 0.3) is 0 Å². The maximum Gasteiger partial charge on any atom is 0.220 e. The Morgan fingerprint density at radius 3 is 2.63 bits per heavy atom. The minimum Gasteiger partial charge on any atom is -0.356 e. The maximum absolute atomic E-state index is 11.9. The zero-order valence-corrected chi connectivity index (χ0v) is 12.6. The van der Waals surface area contributed by atoms with Crippen molar-refractivity contribution in [3.05, 3.63) is 0 Å². The summed E-state index contributed by atoms with van der Waals surface area (Å²) in [6.45, 7) is 3.73. The van der Waals surface area contributed by atoms with E-state index in [9.17, 15) is 4.79 Å². The molecule has 0 aromatic carbocycles. The van der Waals surface area contributed by atoms with Crippen LogP contribution in [0, 0.1) is 11.8 Å². The summed E-state index contributed by atoms with van der Waals surface area (Å²) in [6, 6.07) is 0. The average molecular weight is 268 g/mol. The van der Waals surface area contributed by atoms with Gasteiger partial charge in [-0.1, -0.05) is 45.4 Å². The van der Waals surface area contributed by atoms with Crippen molar-refractivity contribution in [2.24, 2.45) is 17.6 Å². The number of hydrogen-bond acceptors (Lipinski definition) is 2. The van der Waals surface area contributed by atoms with Crippen LogP contribution in [0.5, 0.6) is 0 Å². The molecule has 1 atom stereocenters. The molecule has 3 N–H and O–H groups in total. The number of nitrogens with one attached hydrogen (secondary N) is 1. The molecule has 0 aromatic heterocycles. The van der Waals surface area contributed by atoms with Crippen LogP contribution in [0.1, 0.15) is 71.1 Å². The van der Waals surface area contributed by atoms with E-state index in [0.717, 1.165) is 31.8 Å². The molecule has 1 rings (SSSR count). The van der Waals surface area contributed by atoms with Crippen molar-refractivity contribution in [3.63, 3.8) is 0 Å². The van der Waals surface area contributed by atoms with E-state index in [1.54, 1.807) is 0 Å². The third-order valence-electron chi connectivity index (χ3n) is 4.36. The lowest BCUT2D eigenvalue weighted by atomic mass is 9.86. The summed E-state index contributed by atoms with van der Waals surface area (Å²) < 4.78 is 0. The number of nitrogens with two attached hydrogens (primary N) is 1. The topological polar surface area (TPSA) is 55.1 Å². The summed E-state index contributed by atoms with van der Waals surface area (Å²) in [5.74, 6) is 1.60. The van der Waals surface area contributed by atoms with E-state index in [4.69, 9.17) is 5.73 Å². The van der Waals surface area contributed by atoms with Crippen LogP contribution in [-0.4, -0.2) is 19.0 Å². The van der Waals surface area contributed by atoms with Crippen molar-refractivity contribution in [2.75, 3.05) is 13.1 Å². The van der Waals surface area contributed by atoms with Crippen molar-refractivity contribution < 1.29 is 4.79 Å². The fourth-order valence-corrected chi connectivity index (χ4v) is 3.15. The van der Waals surface area contributed by atoms with E-state index < -0.39 is 0 Å². The normalized spacial score (nSPS) is 18.2. The predicted molar refractivity (Wildman–Crippen MR) is 80.9 cm³/mol. The molecule has 1 aliphatic carbocycles. The summed E-state index contributed by atoms with van der Waals surface area (Å²) in [6.07, 6.45) is 11.9. The first-order valence-corrected chi connectivity index (χ1v) is 8.23. The molecule has 1 aliphatic rings. The summed E-state index contributed by atoms with van der Waals surface area (Å²) >= 11 is 0. The minimum atomic E-state index is 0.240. The Labute approximate surface area is 118 Å². The molecule has 0 radical (unpaired) electrons. The fourth-order valence-electron chi connectivity index (χ4n) is 3.15. The molecule has 1 saturated carbocycles. The number of carbonyl (C=O) groups excluding carboxylic acids is 1. The van der Waals surface area contributed by atoms with Crippen LogP contribution in [0.2, 0.25) is 0 Å². The smallest absolute Gasteiger partial charge is 0.220 e. The summed E-state index contributed by atoms with van der Waals surface area (Å²) in [4.78, 5) is 11.9. The Morgan fingerprint density at radius 2 is 2.00 bits per heavy atom. The molecule has 3 nitrogen and oxygen atoms in total. The van der Waals surface area contributed by atoms with Gasteiger partial charge in [0.15, 0.2) is 0 Å². The van der Waals surface area contributed by atoms with Gasteiger partial charge < -0.3 is 11.1 Å². The second kappa shape index (κ2) is 10.2. The molecular weight excluding hydrogens is 236 g/mol. The standard InChI is InChI=1S/C16H32N2O/c1-2-6-15(11-12-17)13-18-16(19)10-9-14-7-4-3-5-8-14/h14-15H,2-13,17H2,1H3,(H,18,19). The molecule has 0 saturated heterocycles. The monoisotopic (exact) mass is 268 g/mol. The second-order valence-electron chi connectivity index (χ2n) is 6.08. The van der Waals surface area contributed by atoms with E-state index in [1.165, 1.54) is 44.9 Å². The van der Waals surface area contributed by atoms with Crippen LogP contribution in [0.3, 0.4) is 0 Å². The van der Waals surface area contributed by atoms with Gasteiger partial charge in [-0.15, -0.1) is 0 Å². The highest BCUT2D eigenvalue weighted by Crippen LogP contribution is 2.27. The quantitative estimate of drug-likeness (QED) is 0.674. The summed E-state index contributed by atoms with van der Waals surface area (Å²) in [5.41, 5.74) is 5.61. The number of rotatable bonds is 9. The molecule has 0 aromatic rings. The molecule has 0 aliphatic heterocycles.